The maximum atomic E-state index is 13.1. The number of nitrogens with zero attached hydrogens (tertiary/aromatic N) is 4. The standard InChI is InChI=1S/C30H39N5O4/c1-4-22(36)11-6-5-7-13-25(31-26(37)14-20-16-30(17-20)18-35(2)19-30)29-34-33-28(39-29)23-15-21-10-8-9-12-24(21)32-27(23)38-3/h8-10,12,15,20,25H,4-7,11,13-14,16-19H2,1-3H3,(H,31,37)/t25-/m0/s1. The number of unbranched alkanes of at least 4 members (excludes halogenated alkanes) is 2. The Morgan fingerprint density at radius 1 is 1.18 bits per heavy atom. The molecular formula is C30H39N5O4. The van der Waals surface area contributed by atoms with E-state index in [2.05, 4.69) is 32.4 Å². The highest BCUT2D eigenvalue weighted by atomic mass is 16.5. The van der Waals surface area contributed by atoms with Gasteiger partial charge >= 0.3 is 0 Å². The summed E-state index contributed by atoms with van der Waals surface area (Å²) in [6.07, 6.45) is 7.22. The molecule has 2 aromatic heterocycles. The van der Waals surface area contributed by atoms with Gasteiger partial charge in [-0.25, -0.2) is 4.98 Å². The number of Topliss-reactive ketones (excluding diaryl/α,β-unsaturated/α-hetero) is 1. The molecular weight excluding hydrogens is 494 g/mol. The van der Waals surface area contributed by atoms with Gasteiger partial charge in [0, 0.05) is 37.7 Å². The number of fused-ring (bicyclic) bond motifs is 1. The lowest BCUT2D eigenvalue weighted by molar-refractivity contribution is -0.129. The number of ether oxygens (including phenoxy) is 1. The SMILES string of the molecule is CCC(=O)CCCCC[C@H](NC(=O)CC1CC2(C1)CN(C)C2)c1nnc(-c2cc3ccccc3nc2OC)o1. The molecule has 9 nitrogen and oxygen atoms in total. The number of aromatic nitrogens is 3. The van der Waals surface area contributed by atoms with Crippen LogP contribution < -0.4 is 10.1 Å². The number of ketones is 1. The van der Waals surface area contributed by atoms with Gasteiger partial charge in [0.1, 0.15) is 17.4 Å². The Labute approximate surface area is 229 Å². The first kappa shape index (κ1) is 27.2. The number of benzene rings is 1. The van der Waals surface area contributed by atoms with E-state index in [1.165, 1.54) is 0 Å². The topological polar surface area (TPSA) is 110 Å². The van der Waals surface area contributed by atoms with E-state index in [1.54, 1.807) is 7.11 Å². The number of carbonyl (C=O) groups excluding carboxylic acids is 2. The van der Waals surface area contributed by atoms with Crippen LogP contribution in [0.4, 0.5) is 0 Å². The van der Waals surface area contributed by atoms with Crippen molar-refractivity contribution in [3.8, 4) is 17.3 Å². The molecule has 1 saturated heterocycles. The second kappa shape index (κ2) is 11.8. The first-order valence-corrected chi connectivity index (χ1v) is 14.1. The molecule has 9 heteroatoms. The number of methoxy groups -OCH3 is 1. The van der Waals surface area contributed by atoms with Crippen molar-refractivity contribution in [2.45, 2.75) is 70.8 Å². The monoisotopic (exact) mass is 533 g/mol. The van der Waals surface area contributed by atoms with E-state index < -0.39 is 0 Å². The van der Waals surface area contributed by atoms with Crippen LogP contribution in [0.3, 0.4) is 0 Å². The quantitative estimate of drug-likeness (QED) is 0.302. The Bertz CT molecular complexity index is 1310. The average molecular weight is 534 g/mol. The molecule has 1 atom stereocenters. The third kappa shape index (κ3) is 6.30. The number of likely N-dealkylation sites (tertiary alicyclic amines) is 1. The fourth-order valence-electron chi connectivity index (χ4n) is 6.35. The Balaban J connectivity index is 1.27. The van der Waals surface area contributed by atoms with Crippen LogP contribution in [0.2, 0.25) is 0 Å². The molecule has 1 aromatic carbocycles. The van der Waals surface area contributed by atoms with Crippen LogP contribution in [0.15, 0.2) is 34.7 Å². The normalized spacial score (nSPS) is 17.5. The Morgan fingerprint density at radius 3 is 2.72 bits per heavy atom. The van der Waals surface area contributed by atoms with Crippen LogP contribution in [0.5, 0.6) is 5.88 Å². The summed E-state index contributed by atoms with van der Waals surface area (Å²) in [5.74, 6) is 1.84. The number of para-hydroxylation sites is 1. The van der Waals surface area contributed by atoms with Crippen molar-refractivity contribution in [3.05, 3.63) is 36.2 Å². The average Bonchev–Trinajstić information content (AvgIpc) is 3.39. The minimum Gasteiger partial charge on any atom is -0.480 e. The molecule has 2 aliphatic rings. The molecule has 1 N–H and O–H groups in total. The van der Waals surface area contributed by atoms with E-state index in [-0.39, 0.29) is 17.7 Å². The second-order valence-corrected chi connectivity index (χ2v) is 11.4. The van der Waals surface area contributed by atoms with Crippen molar-refractivity contribution in [1.29, 1.82) is 0 Å². The highest BCUT2D eigenvalue weighted by Gasteiger charge is 2.51. The van der Waals surface area contributed by atoms with Crippen molar-refractivity contribution in [1.82, 2.24) is 25.4 Å². The number of hydrogen-bond acceptors (Lipinski definition) is 8. The molecule has 39 heavy (non-hydrogen) atoms. The molecule has 208 valence electrons. The van der Waals surface area contributed by atoms with Crippen molar-refractivity contribution < 1.29 is 18.7 Å². The van der Waals surface area contributed by atoms with Gasteiger partial charge in [-0.1, -0.05) is 38.0 Å². The Hall–Kier alpha value is -3.33. The van der Waals surface area contributed by atoms with Crippen molar-refractivity contribution in [2.24, 2.45) is 11.3 Å². The fourth-order valence-corrected chi connectivity index (χ4v) is 6.35. The zero-order valence-corrected chi connectivity index (χ0v) is 23.2. The van der Waals surface area contributed by atoms with Crippen LogP contribution in [0.1, 0.15) is 76.6 Å². The van der Waals surface area contributed by atoms with Crippen LogP contribution in [-0.4, -0.2) is 59.0 Å². The number of amides is 1. The van der Waals surface area contributed by atoms with Gasteiger partial charge in [0.15, 0.2) is 0 Å². The molecule has 5 rings (SSSR count). The third-order valence-electron chi connectivity index (χ3n) is 8.16. The zero-order chi connectivity index (χ0) is 27.4. The molecule has 1 saturated carbocycles. The van der Waals surface area contributed by atoms with Gasteiger partial charge in [-0.15, -0.1) is 10.2 Å². The predicted octanol–water partition coefficient (Wildman–Crippen LogP) is 5.11. The lowest BCUT2D eigenvalue weighted by Crippen LogP contribution is -2.61. The van der Waals surface area contributed by atoms with Gasteiger partial charge in [0.25, 0.3) is 5.89 Å². The molecule has 0 radical (unpaired) electrons. The summed E-state index contributed by atoms with van der Waals surface area (Å²) in [6.45, 7) is 4.19. The summed E-state index contributed by atoms with van der Waals surface area (Å²) in [4.78, 5) is 31.7. The van der Waals surface area contributed by atoms with Gasteiger partial charge in [-0.3, -0.25) is 9.59 Å². The van der Waals surface area contributed by atoms with Crippen LogP contribution in [0, 0.1) is 11.3 Å². The van der Waals surface area contributed by atoms with Crippen molar-refractivity contribution in [2.75, 3.05) is 27.2 Å². The van der Waals surface area contributed by atoms with E-state index in [0.717, 1.165) is 56.1 Å². The molecule has 0 unspecified atom stereocenters. The van der Waals surface area contributed by atoms with Gasteiger partial charge in [-0.2, -0.15) is 0 Å². The number of carbonyl (C=O) groups is 2. The summed E-state index contributed by atoms with van der Waals surface area (Å²) in [5.41, 5.74) is 1.88. The lowest BCUT2D eigenvalue weighted by atomic mass is 9.57. The van der Waals surface area contributed by atoms with Crippen LogP contribution in [0.25, 0.3) is 22.4 Å². The minimum atomic E-state index is -0.385. The largest absolute Gasteiger partial charge is 0.480 e. The number of hydrogen-bond donors (Lipinski definition) is 1. The highest BCUT2D eigenvalue weighted by molar-refractivity contribution is 5.84. The number of rotatable bonds is 13. The molecule has 3 aromatic rings. The number of pyridine rings is 1. The van der Waals surface area contributed by atoms with Crippen LogP contribution in [-0.2, 0) is 9.59 Å². The van der Waals surface area contributed by atoms with Gasteiger partial charge < -0.3 is 19.4 Å². The number of nitrogens with one attached hydrogen (secondary N) is 1. The third-order valence-corrected chi connectivity index (χ3v) is 8.16. The van der Waals surface area contributed by atoms with E-state index in [1.807, 2.05) is 37.3 Å². The summed E-state index contributed by atoms with van der Waals surface area (Å²) < 4.78 is 11.7. The molecule has 1 aliphatic heterocycles. The molecule has 3 heterocycles. The summed E-state index contributed by atoms with van der Waals surface area (Å²) >= 11 is 0. The predicted molar refractivity (Wildman–Crippen MR) is 148 cm³/mol. The Morgan fingerprint density at radius 2 is 1.97 bits per heavy atom. The Kier molecular flexibility index (Phi) is 8.26. The maximum Gasteiger partial charge on any atom is 0.253 e. The molecule has 2 fully saturated rings. The van der Waals surface area contributed by atoms with E-state index in [9.17, 15) is 9.59 Å². The molecule has 1 amide bonds. The van der Waals surface area contributed by atoms with Gasteiger partial charge in [-0.05, 0) is 56.2 Å². The second-order valence-electron chi connectivity index (χ2n) is 11.4. The van der Waals surface area contributed by atoms with E-state index in [0.29, 0.717) is 60.2 Å². The lowest BCUT2D eigenvalue weighted by Gasteiger charge is -2.58. The van der Waals surface area contributed by atoms with Crippen LogP contribution >= 0.6 is 0 Å². The van der Waals surface area contributed by atoms with Gasteiger partial charge in [0.2, 0.25) is 17.7 Å². The smallest absolute Gasteiger partial charge is 0.253 e. The van der Waals surface area contributed by atoms with E-state index in [4.69, 9.17) is 9.15 Å². The fraction of sp³-hybridized carbons (Fsp3) is 0.567. The zero-order valence-electron chi connectivity index (χ0n) is 23.2. The maximum absolute atomic E-state index is 13.1. The minimum absolute atomic E-state index is 0.0263. The molecule has 1 aliphatic carbocycles. The first-order valence-electron chi connectivity index (χ1n) is 14.1. The van der Waals surface area contributed by atoms with Gasteiger partial charge in [0.05, 0.1) is 12.6 Å². The highest BCUT2D eigenvalue weighted by Crippen LogP contribution is 2.52. The van der Waals surface area contributed by atoms with Crippen molar-refractivity contribution in [3.63, 3.8) is 0 Å². The van der Waals surface area contributed by atoms with E-state index >= 15 is 0 Å². The summed E-state index contributed by atoms with van der Waals surface area (Å²) in [5, 5.41) is 12.8. The van der Waals surface area contributed by atoms with Crippen molar-refractivity contribution >= 4 is 22.6 Å². The summed E-state index contributed by atoms with van der Waals surface area (Å²) in [7, 11) is 3.71. The molecule has 1 spiro atoms. The first-order chi connectivity index (χ1) is 18.9. The summed E-state index contributed by atoms with van der Waals surface area (Å²) in [6, 6.07) is 9.32. The molecule has 0 bridgehead atoms.